The number of hydrogen-bond acceptors (Lipinski definition) is 4. The number of ether oxygens (including phenoxy) is 1. The first-order valence-electron chi connectivity index (χ1n) is 10.6. The van der Waals surface area contributed by atoms with Crippen molar-refractivity contribution in [2.45, 2.75) is 27.2 Å². The summed E-state index contributed by atoms with van der Waals surface area (Å²) in [7, 11) is 1.56. The minimum atomic E-state index is -0.388. The van der Waals surface area contributed by atoms with Crippen LogP contribution in [-0.4, -0.2) is 18.9 Å². The number of nitrogens with zero attached hydrogens (tertiary/aromatic N) is 1. The van der Waals surface area contributed by atoms with Gasteiger partial charge in [-0.2, -0.15) is 0 Å². The molecule has 162 valence electrons. The van der Waals surface area contributed by atoms with Gasteiger partial charge in [-0.05, 0) is 61.2 Å². The summed E-state index contributed by atoms with van der Waals surface area (Å²) in [6, 6.07) is 20.6. The Morgan fingerprint density at radius 1 is 0.875 bits per heavy atom. The van der Waals surface area contributed by atoms with E-state index in [1.165, 1.54) is 4.90 Å². The zero-order valence-electron chi connectivity index (χ0n) is 18.7. The third-order valence-corrected chi connectivity index (χ3v) is 5.93. The van der Waals surface area contributed by atoms with E-state index in [9.17, 15) is 9.59 Å². The van der Waals surface area contributed by atoms with Gasteiger partial charge in [0.1, 0.15) is 11.4 Å². The monoisotopic (exact) mass is 426 g/mol. The molecular formula is C27H26N2O3. The topological polar surface area (TPSA) is 58.6 Å². The molecule has 0 unspecified atom stereocenters. The van der Waals surface area contributed by atoms with E-state index in [1.54, 1.807) is 19.2 Å². The lowest BCUT2D eigenvalue weighted by Gasteiger charge is -2.16. The predicted octanol–water partition coefficient (Wildman–Crippen LogP) is 5.27. The Bertz CT molecular complexity index is 1230. The molecule has 1 heterocycles. The van der Waals surface area contributed by atoms with Gasteiger partial charge in [-0.25, -0.2) is 4.90 Å². The van der Waals surface area contributed by atoms with Crippen molar-refractivity contribution in [3.05, 3.63) is 94.7 Å². The molecule has 0 aromatic heterocycles. The van der Waals surface area contributed by atoms with Crippen molar-refractivity contribution in [2.24, 2.45) is 0 Å². The molecule has 0 atom stereocenters. The summed E-state index contributed by atoms with van der Waals surface area (Å²) in [6.07, 6.45) is 0.881. The van der Waals surface area contributed by atoms with Crippen LogP contribution in [0.25, 0.3) is 5.57 Å². The number of methoxy groups -OCH3 is 1. The van der Waals surface area contributed by atoms with E-state index >= 15 is 0 Å². The summed E-state index contributed by atoms with van der Waals surface area (Å²) in [5.74, 6) is -0.232. The van der Waals surface area contributed by atoms with Gasteiger partial charge in [0, 0.05) is 11.3 Å². The average molecular weight is 427 g/mol. The number of anilines is 2. The maximum Gasteiger partial charge on any atom is 0.282 e. The highest BCUT2D eigenvalue weighted by atomic mass is 16.5. The lowest BCUT2D eigenvalue weighted by Crippen LogP contribution is -2.32. The van der Waals surface area contributed by atoms with Crippen molar-refractivity contribution in [1.82, 2.24) is 0 Å². The molecule has 32 heavy (non-hydrogen) atoms. The average Bonchev–Trinajstić information content (AvgIpc) is 3.06. The fourth-order valence-electron chi connectivity index (χ4n) is 3.88. The summed E-state index contributed by atoms with van der Waals surface area (Å²) >= 11 is 0. The predicted molar refractivity (Wildman–Crippen MR) is 128 cm³/mol. The molecular weight excluding hydrogens is 400 g/mol. The van der Waals surface area contributed by atoms with Gasteiger partial charge in [0.05, 0.1) is 18.4 Å². The first-order chi connectivity index (χ1) is 15.5. The largest absolute Gasteiger partial charge is 0.496 e. The molecule has 0 spiro atoms. The first-order valence-corrected chi connectivity index (χ1v) is 10.6. The minimum Gasteiger partial charge on any atom is -0.496 e. The molecule has 0 radical (unpaired) electrons. The zero-order chi connectivity index (χ0) is 22.8. The van der Waals surface area contributed by atoms with Crippen molar-refractivity contribution < 1.29 is 14.3 Å². The van der Waals surface area contributed by atoms with E-state index in [4.69, 9.17) is 4.74 Å². The third-order valence-electron chi connectivity index (χ3n) is 5.93. The molecule has 4 rings (SSSR count). The fourth-order valence-corrected chi connectivity index (χ4v) is 3.88. The van der Waals surface area contributed by atoms with Gasteiger partial charge in [0.2, 0.25) is 0 Å². The third kappa shape index (κ3) is 3.66. The fraction of sp³-hybridized carbons (Fsp3) is 0.185. The number of imide groups is 1. The summed E-state index contributed by atoms with van der Waals surface area (Å²) in [6.45, 7) is 6.07. The van der Waals surface area contributed by atoms with E-state index in [1.807, 2.05) is 68.4 Å². The van der Waals surface area contributed by atoms with Crippen LogP contribution >= 0.6 is 0 Å². The van der Waals surface area contributed by atoms with Gasteiger partial charge >= 0.3 is 0 Å². The zero-order valence-corrected chi connectivity index (χ0v) is 18.7. The second-order valence-corrected chi connectivity index (χ2v) is 7.79. The number of carbonyl (C=O) groups excluding carboxylic acids is 2. The Morgan fingerprint density at radius 3 is 2.28 bits per heavy atom. The number of hydrogen-bond donors (Lipinski definition) is 1. The first kappa shape index (κ1) is 21.4. The second-order valence-electron chi connectivity index (χ2n) is 7.79. The molecule has 3 aromatic rings. The molecule has 0 aliphatic carbocycles. The van der Waals surface area contributed by atoms with Crippen molar-refractivity contribution >= 4 is 28.8 Å². The summed E-state index contributed by atoms with van der Waals surface area (Å²) in [5, 5.41) is 3.26. The maximum atomic E-state index is 13.6. The Kier molecular flexibility index (Phi) is 5.82. The van der Waals surface area contributed by atoms with Gasteiger partial charge in [-0.3, -0.25) is 9.59 Å². The summed E-state index contributed by atoms with van der Waals surface area (Å²) < 4.78 is 5.51. The van der Waals surface area contributed by atoms with Gasteiger partial charge in [-0.15, -0.1) is 0 Å². The van der Waals surface area contributed by atoms with E-state index in [-0.39, 0.29) is 17.5 Å². The van der Waals surface area contributed by atoms with Crippen LogP contribution in [0, 0.1) is 13.8 Å². The summed E-state index contributed by atoms with van der Waals surface area (Å²) in [4.78, 5) is 28.5. The molecule has 1 aliphatic rings. The van der Waals surface area contributed by atoms with Crippen LogP contribution in [-0.2, 0) is 16.0 Å². The number of amides is 2. The standard InChI is InChI=1S/C27H26N2O3/c1-5-19-13-15-20(16-14-19)29-26(30)24(21-10-6-7-12-23(21)32-4)25(27(29)31)28-22-11-8-9-17(2)18(22)3/h6-16,28H,5H2,1-4H3. The smallest absolute Gasteiger partial charge is 0.282 e. The molecule has 1 aliphatic heterocycles. The quantitative estimate of drug-likeness (QED) is 0.546. The van der Waals surface area contributed by atoms with Crippen LogP contribution in [0.15, 0.2) is 72.4 Å². The van der Waals surface area contributed by atoms with E-state index < -0.39 is 0 Å². The number of carbonyl (C=O) groups is 2. The van der Waals surface area contributed by atoms with Crippen LogP contribution in [0.4, 0.5) is 11.4 Å². The highest BCUT2D eigenvalue weighted by molar-refractivity contribution is 6.46. The summed E-state index contributed by atoms with van der Waals surface area (Å²) in [5.41, 5.74) is 5.71. The van der Waals surface area contributed by atoms with Gasteiger partial charge < -0.3 is 10.1 Å². The van der Waals surface area contributed by atoms with E-state index in [0.717, 1.165) is 28.8 Å². The number of nitrogens with one attached hydrogen (secondary N) is 1. The van der Waals surface area contributed by atoms with Crippen molar-refractivity contribution in [3.8, 4) is 5.75 Å². The normalized spacial score (nSPS) is 13.7. The van der Waals surface area contributed by atoms with Crippen LogP contribution in [0.1, 0.15) is 29.2 Å². The number of benzene rings is 3. The lowest BCUT2D eigenvalue weighted by molar-refractivity contribution is -0.120. The lowest BCUT2D eigenvalue weighted by atomic mass is 10.0. The molecule has 0 fully saturated rings. The van der Waals surface area contributed by atoms with Crippen molar-refractivity contribution in [3.63, 3.8) is 0 Å². The number of rotatable bonds is 6. The van der Waals surface area contributed by atoms with E-state index in [2.05, 4.69) is 12.2 Å². The number of aryl methyl sites for hydroxylation is 2. The molecule has 1 N–H and O–H groups in total. The Balaban J connectivity index is 1.86. The minimum absolute atomic E-state index is 0.243. The highest BCUT2D eigenvalue weighted by Crippen LogP contribution is 2.37. The molecule has 2 amide bonds. The SMILES string of the molecule is CCc1ccc(N2C(=O)C(Nc3cccc(C)c3C)=C(c3ccccc3OC)C2=O)cc1. The van der Waals surface area contributed by atoms with E-state index in [0.29, 0.717) is 22.6 Å². The molecule has 0 saturated heterocycles. The number of para-hydroxylation sites is 1. The van der Waals surface area contributed by atoms with Crippen LogP contribution in [0.5, 0.6) is 5.75 Å². The highest BCUT2D eigenvalue weighted by Gasteiger charge is 2.41. The van der Waals surface area contributed by atoms with Crippen LogP contribution in [0.3, 0.4) is 0 Å². The molecule has 0 bridgehead atoms. The van der Waals surface area contributed by atoms with Gasteiger partial charge in [-0.1, -0.05) is 49.4 Å². The maximum absolute atomic E-state index is 13.6. The Labute approximate surface area is 188 Å². The van der Waals surface area contributed by atoms with Crippen LogP contribution < -0.4 is 15.0 Å². The Hall–Kier alpha value is -3.86. The van der Waals surface area contributed by atoms with Gasteiger partial charge in [0.25, 0.3) is 11.8 Å². The van der Waals surface area contributed by atoms with Crippen LogP contribution in [0.2, 0.25) is 0 Å². The molecule has 0 saturated carbocycles. The molecule has 5 heteroatoms. The van der Waals surface area contributed by atoms with Crippen molar-refractivity contribution in [2.75, 3.05) is 17.3 Å². The molecule has 3 aromatic carbocycles. The molecule has 5 nitrogen and oxygen atoms in total. The van der Waals surface area contributed by atoms with Gasteiger partial charge in [0.15, 0.2) is 0 Å². The second kappa shape index (κ2) is 8.71. The Morgan fingerprint density at radius 2 is 1.59 bits per heavy atom. The van der Waals surface area contributed by atoms with Crippen molar-refractivity contribution in [1.29, 1.82) is 0 Å².